The molecule has 1 atom stereocenters. The summed E-state index contributed by atoms with van der Waals surface area (Å²) in [4.78, 5) is 35.2. The van der Waals surface area contributed by atoms with Crippen molar-refractivity contribution in [2.45, 2.75) is 39.5 Å². The number of ketones is 1. The molecule has 1 rings (SSSR count). The highest BCUT2D eigenvalue weighted by Gasteiger charge is 2.51. The number of ether oxygens (including phenoxy) is 2. The van der Waals surface area contributed by atoms with Gasteiger partial charge in [-0.1, -0.05) is 0 Å². The van der Waals surface area contributed by atoms with Crippen molar-refractivity contribution >= 4 is 17.7 Å². The van der Waals surface area contributed by atoms with E-state index in [2.05, 4.69) is 0 Å². The molecule has 1 saturated carbocycles. The van der Waals surface area contributed by atoms with Crippen LogP contribution in [-0.2, 0) is 23.9 Å². The SMILES string of the molecule is CCOC(=O)C[C@@]1(C(=O)OCC)CCCC1=O. The first-order chi connectivity index (χ1) is 8.06. The lowest BCUT2D eigenvalue weighted by molar-refractivity contribution is -0.165. The van der Waals surface area contributed by atoms with Crippen LogP contribution < -0.4 is 0 Å². The molecule has 1 aliphatic carbocycles. The molecule has 1 aliphatic rings. The van der Waals surface area contributed by atoms with Gasteiger partial charge in [0.2, 0.25) is 0 Å². The zero-order valence-corrected chi connectivity index (χ0v) is 10.3. The summed E-state index contributed by atoms with van der Waals surface area (Å²) in [5, 5.41) is 0. The van der Waals surface area contributed by atoms with E-state index < -0.39 is 17.4 Å². The Balaban J connectivity index is 2.83. The van der Waals surface area contributed by atoms with Gasteiger partial charge in [0.1, 0.15) is 5.41 Å². The van der Waals surface area contributed by atoms with Gasteiger partial charge in [-0.3, -0.25) is 14.4 Å². The molecule has 0 unspecified atom stereocenters. The van der Waals surface area contributed by atoms with E-state index >= 15 is 0 Å². The fourth-order valence-corrected chi connectivity index (χ4v) is 2.13. The Bertz CT molecular complexity index is 323. The van der Waals surface area contributed by atoms with E-state index in [0.717, 1.165) is 0 Å². The minimum Gasteiger partial charge on any atom is -0.466 e. The lowest BCUT2D eigenvalue weighted by Gasteiger charge is -2.23. The molecule has 0 aliphatic heterocycles. The predicted molar refractivity (Wildman–Crippen MR) is 59.2 cm³/mol. The molecule has 0 bridgehead atoms. The van der Waals surface area contributed by atoms with Crippen LogP contribution in [-0.4, -0.2) is 30.9 Å². The van der Waals surface area contributed by atoms with Gasteiger partial charge in [-0.2, -0.15) is 0 Å². The summed E-state index contributed by atoms with van der Waals surface area (Å²) in [6.07, 6.45) is 1.14. The van der Waals surface area contributed by atoms with Crippen LogP contribution in [0.25, 0.3) is 0 Å². The van der Waals surface area contributed by atoms with Crippen LogP contribution in [0.1, 0.15) is 39.5 Å². The molecule has 0 saturated heterocycles. The molecule has 0 radical (unpaired) electrons. The summed E-state index contributed by atoms with van der Waals surface area (Å²) >= 11 is 0. The van der Waals surface area contributed by atoms with E-state index in [0.29, 0.717) is 19.3 Å². The van der Waals surface area contributed by atoms with E-state index in [-0.39, 0.29) is 25.4 Å². The fraction of sp³-hybridized carbons (Fsp3) is 0.750. The summed E-state index contributed by atoms with van der Waals surface area (Å²) in [6.45, 7) is 3.81. The van der Waals surface area contributed by atoms with E-state index in [1.807, 2.05) is 0 Å². The first kappa shape index (κ1) is 13.7. The Morgan fingerprint density at radius 2 is 1.88 bits per heavy atom. The number of esters is 2. The van der Waals surface area contributed by atoms with Gasteiger partial charge >= 0.3 is 11.9 Å². The zero-order chi connectivity index (χ0) is 12.9. The second kappa shape index (κ2) is 5.80. The standard InChI is InChI=1S/C12H18O5/c1-3-16-10(14)8-12(11(15)17-4-2)7-5-6-9(12)13/h3-8H2,1-2H3/t12-/m0/s1. The minimum absolute atomic E-state index is 0.196. The van der Waals surface area contributed by atoms with E-state index in [4.69, 9.17) is 9.47 Å². The molecule has 0 spiro atoms. The van der Waals surface area contributed by atoms with Crippen LogP contribution >= 0.6 is 0 Å². The molecule has 96 valence electrons. The zero-order valence-electron chi connectivity index (χ0n) is 10.3. The molecule has 1 fully saturated rings. The molecule has 0 aromatic carbocycles. The van der Waals surface area contributed by atoms with Gasteiger partial charge in [-0.25, -0.2) is 0 Å². The second-order valence-electron chi connectivity index (χ2n) is 4.06. The van der Waals surface area contributed by atoms with Gasteiger partial charge < -0.3 is 9.47 Å². The van der Waals surface area contributed by atoms with E-state index in [1.165, 1.54) is 0 Å². The molecule has 17 heavy (non-hydrogen) atoms. The molecule has 0 aromatic rings. The number of rotatable bonds is 5. The molecule has 0 aromatic heterocycles. The van der Waals surface area contributed by atoms with Gasteiger partial charge in [-0.05, 0) is 26.7 Å². The Labute approximate surface area is 100 Å². The molecule has 5 nitrogen and oxygen atoms in total. The lowest BCUT2D eigenvalue weighted by Crippen LogP contribution is -2.39. The Morgan fingerprint density at radius 3 is 2.35 bits per heavy atom. The monoisotopic (exact) mass is 242 g/mol. The Hall–Kier alpha value is -1.39. The quantitative estimate of drug-likeness (QED) is 0.536. The van der Waals surface area contributed by atoms with Crippen molar-refractivity contribution in [3.63, 3.8) is 0 Å². The van der Waals surface area contributed by atoms with Crippen molar-refractivity contribution in [2.24, 2.45) is 5.41 Å². The van der Waals surface area contributed by atoms with E-state index in [9.17, 15) is 14.4 Å². The van der Waals surface area contributed by atoms with Gasteiger partial charge in [0, 0.05) is 6.42 Å². The highest BCUT2D eigenvalue weighted by molar-refractivity contribution is 6.07. The van der Waals surface area contributed by atoms with E-state index in [1.54, 1.807) is 13.8 Å². The van der Waals surface area contributed by atoms with Gasteiger partial charge in [0.25, 0.3) is 0 Å². The molecule has 0 amide bonds. The van der Waals surface area contributed by atoms with Crippen molar-refractivity contribution < 1.29 is 23.9 Å². The fourth-order valence-electron chi connectivity index (χ4n) is 2.13. The maximum atomic E-state index is 11.9. The third kappa shape index (κ3) is 2.84. The van der Waals surface area contributed by atoms with Crippen LogP contribution in [0.15, 0.2) is 0 Å². The molecule has 0 N–H and O–H groups in total. The number of carbonyl (C=O) groups is 3. The molecule has 0 heterocycles. The Kier molecular flexibility index (Phi) is 4.66. The summed E-state index contributed by atoms with van der Waals surface area (Å²) in [5.74, 6) is -1.31. The third-order valence-electron chi connectivity index (χ3n) is 2.96. The maximum absolute atomic E-state index is 11.9. The third-order valence-corrected chi connectivity index (χ3v) is 2.96. The number of carbonyl (C=O) groups excluding carboxylic acids is 3. The van der Waals surface area contributed by atoms with Crippen LogP contribution in [0.4, 0.5) is 0 Å². The smallest absolute Gasteiger partial charge is 0.320 e. The summed E-state index contributed by atoms with van der Waals surface area (Å²) in [5.41, 5.74) is -1.29. The first-order valence-corrected chi connectivity index (χ1v) is 5.93. The van der Waals surface area contributed by atoms with Crippen molar-refractivity contribution in [3.05, 3.63) is 0 Å². The number of hydrogen-bond donors (Lipinski definition) is 0. The largest absolute Gasteiger partial charge is 0.466 e. The topological polar surface area (TPSA) is 69.7 Å². The van der Waals surface area contributed by atoms with Crippen molar-refractivity contribution in [1.82, 2.24) is 0 Å². The number of Topliss-reactive ketones (excluding diaryl/α,β-unsaturated/α-hetero) is 1. The Morgan fingerprint density at radius 1 is 1.24 bits per heavy atom. The van der Waals surface area contributed by atoms with Crippen LogP contribution in [0, 0.1) is 5.41 Å². The van der Waals surface area contributed by atoms with Crippen molar-refractivity contribution in [3.8, 4) is 0 Å². The molecule has 5 heteroatoms. The normalized spacial score (nSPS) is 23.5. The summed E-state index contributed by atoms with van der Waals surface area (Å²) in [7, 11) is 0. The average Bonchev–Trinajstić information content (AvgIpc) is 2.62. The summed E-state index contributed by atoms with van der Waals surface area (Å²) < 4.78 is 9.72. The van der Waals surface area contributed by atoms with Crippen LogP contribution in [0.2, 0.25) is 0 Å². The highest BCUT2D eigenvalue weighted by Crippen LogP contribution is 2.39. The van der Waals surface area contributed by atoms with Crippen molar-refractivity contribution in [1.29, 1.82) is 0 Å². The van der Waals surface area contributed by atoms with Gasteiger partial charge in [-0.15, -0.1) is 0 Å². The van der Waals surface area contributed by atoms with Gasteiger partial charge in [0.05, 0.1) is 19.6 Å². The van der Waals surface area contributed by atoms with Crippen LogP contribution in [0.3, 0.4) is 0 Å². The maximum Gasteiger partial charge on any atom is 0.320 e. The second-order valence-corrected chi connectivity index (χ2v) is 4.06. The number of hydrogen-bond acceptors (Lipinski definition) is 5. The molecular formula is C12H18O5. The lowest BCUT2D eigenvalue weighted by atomic mass is 9.82. The average molecular weight is 242 g/mol. The van der Waals surface area contributed by atoms with Crippen molar-refractivity contribution in [2.75, 3.05) is 13.2 Å². The van der Waals surface area contributed by atoms with Gasteiger partial charge in [0.15, 0.2) is 5.78 Å². The minimum atomic E-state index is -1.29. The summed E-state index contributed by atoms with van der Waals surface area (Å²) in [6, 6.07) is 0. The molecular weight excluding hydrogens is 224 g/mol. The van der Waals surface area contributed by atoms with Crippen LogP contribution in [0.5, 0.6) is 0 Å². The first-order valence-electron chi connectivity index (χ1n) is 5.93. The predicted octanol–water partition coefficient (Wildman–Crippen LogP) is 1.24. The highest BCUT2D eigenvalue weighted by atomic mass is 16.5.